The Hall–Kier alpha value is -0.290. The van der Waals surface area contributed by atoms with E-state index in [1.54, 1.807) is 0 Å². The summed E-state index contributed by atoms with van der Waals surface area (Å²) in [6.45, 7) is 0.316. The van der Waals surface area contributed by atoms with Crippen LogP contribution in [0.3, 0.4) is 0 Å². The quantitative estimate of drug-likeness (QED) is 0.778. The molecule has 2 nitrogen and oxygen atoms in total. The van der Waals surface area contributed by atoms with Gasteiger partial charge >= 0.3 is 6.18 Å². The molecule has 0 radical (unpaired) electrons. The third-order valence-corrected chi connectivity index (χ3v) is 5.06. The van der Waals surface area contributed by atoms with Crippen LogP contribution >= 0.6 is 0 Å². The second-order valence-electron chi connectivity index (χ2n) is 6.65. The third kappa shape index (κ3) is 4.10. The molecule has 2 atom stereocenters. The van der Waals surface area contributed by atoms with Crippen molar-refractivity contribution in [2.24, 2.45) is 11.7 Å². The van der Waals surface area contributed by atoms with Crippen molar-refractivity contribution in [2.45, 2.75) is 82.0 Å². The van der Waals surface area contributed by atoms with Gasteiger partial charge < -0.3 is 11.1 Å². The topological polar surface area (TPSA) is 38.0 Å². The summed E-state index contributed by atoms with van der Waals surface area (Å²) in [6.07, 6.45) is 4.78. The summed E-state index contributed by atoms with van der Waals surface area (Å²) in [6, 6.07) is 0.355. The van der Waals surface area contributed by atoms with Crippen LogP contribution in [0.1, 0.15) is 64.2 Å². The minimum atomic E-state index is -4.08. The van der Waals surface area contributed by atoms with Gasteiger partial charge in [-0.15, -0.1) is 0 Å². The lowest BCUT2D eigenvalue weighted by Crippen LogP contribution is -2.58. The van der Waals surface area contributed by atoms with E-state index < -0.39 is 17.6 Å². The molecule has 3 N–H and O–H groups in total. The minimum absolute atomic E-state index is 0.156. The monoisotopic (exact) mass is 292 g/mol. The van der Waals surface area contributed by atoms with E-state index in [9.17, 15) is 13.2 Å². The first kappa shape index (κ1) is 16.1. The fourth-order valence-corrected chi connectivity index (χ4v) is 3.87. The fraction of sp³-hybridized carbons (Fsp3) is 1.00. The van der Waals surface area contributed by atoms with Crippen LogP contribution < -0.4 is 11.1 Å². The van der Waals surface area contributed by atoms with E-state index in [0.29, 0.717) is 19.0 Å². The van der Waals surface area contributed by atoms with Crippen LogP contribution in [0, 0.1) is 5.92 Å². The second kappa shape index (κ2) is 6.65. The Bertz CT molecular complexity index is 298. The van der Waals surface area contributed by atoms with Crippen molar-refractivity contribution in [3.63, 3.8) is 0 Å². The molecule has 0 spiro atoms. The van der Waals surface area contributed by atoms with Crippen molar-refractivity contribution in [2.75, 3.05) is 6.54 Å². The third-order valence-electron chi connectivity index (χ3n) is 5.06. The lowest BCUT2D eigenvalue weighted by Gasteiger charge is -2.44. The Morgan fingerprint density at radius 3 is 2.20 bits per heavy atom. The zero-order valence-electron chi connectivity index (χ0n) is 12.1. The molecule has 2 aliphatic rings. The zero-order valence-corrected chi connectivity index (χ0v) is 12.1. The molecule has 0 aromatic carbocycles. The van der Waals surface area contributed by atoms with Gasteiger partial charge in [0.25, 0.3) is 0 Å². The fourth-order valence-electron chi connectivity index (χ4n) is 3.87. The van der Waals surface area contributed by atoms with Gasteiger partial charge in [0, 0.05) is 18.1 Å². The average molecular weight is 292 g/mol. The first-order chi connectivity index (χ1) is 9.45. The number of hydrogen-bond acceptors (Lipinski definition) is 2. The molecule has 0 aromatic heterocycles. The lowest BCUT2D eigenvalue weighted by atomic mass is 9.74. The van der Waals surface area contributed by atoms with Crippen LogP contribution in [0.25, 0.3) is 0 Å². The maximum Gasteiger partial charge on any atom is 0.391 e. The standard InChI is InChI=1S/C15H27F3N2/c16-15(17,18)12-6-5-9-14(10-12,11-19)20-13-7-3-1-2-4-8-13/h12-13,20H,1-11,19H2. The van der Waals surface area contributed by atoms with E-state index in [-0.39, 0.29) is 12.8 Å². The molecule has 118 valence electrons. The van der Waals surface area contributed by atoms with Gasteiger partial charge in [-0.25, -0.2) is 0 Å². The van der Waals surface area contributed by atoms with Gasteiger partial charge in [-0.2, -0.15) is 13.2 Å². The average Bonchev–Trinajstić information content (AvgIpc) is 2.66. The largest absolute Gasteiger partial charge is 0.391 e. The van der Waals surface area contributed by atoms with Crippen molar-refractivity contribution in [3.8, 4) is 0 Å². The summed E-state index contributed by atoms with van der Waals surface area (Å²) in [4.78, 5) is 0. The van der Waals surface area contributed by atoms with Gasteiger partial charge in [0.2, 0.25) is 0 Å². The molecule has 20 heavy (non-hydrogen) atoms. The van der Waals surface area contributed by atoms with Crippen molar-refractivity contribution in [1.29, 1.82) is 0 Å². The molecule has 0 bridgehead atoms. The summed E-state index contributed by atoms with van der Waals surface area (Å²) in [5.41, 5.74) is 5.38. The SMILES string of the molecule is NCC1(NC2CCCCCC2)CCCC(C(F)(F)F)C1. The van der Waals surface area contributed by atoms with Gasteiger partial charge in [-0.3, -0.25) is 0 Å². The summed E-state index contributed by atoms with van der Waals surface area (Å²) in [7, 11) is 0. The highest BCUT2D eigenvalue weighted by Gasteiger charge is 2.47. The van der Waals surface area contributed by atoms with E-state index in [0.717, 1.165) is 19.3 Å². The molecule has 0 aliphatic heterocycles. The Morgan fingerprint density at radius 1 is 1.00 bits per heavy atom. The maximum atomic E-state index is 13.0. The normalized spacial score (nSPS) is 33.9. The molecule has 2 fully saturated rings. The van der Waals surface area contributed by atoms with E-state index in [2.05, 4.69) is 5.32 Å². The Balaban J connectivity index is 2.00. The van der Waals surface area contributed by atoms with Gasteiger partial charge in [0.1, 0.15) is 0 Å². The zero-order chi connectivity index (χ0) is 14.6. The van der Waals surface area contributed by atoms with Crippen LogP contribution in [0.4, 0.5) is 13.2 Å². The number of halogens is 3. The number of nitrogens with one attached hydrogen (secondary N) is 1. The highest BCUT2D eigenvalue weighted by molar-refractivity contribution is 4.98. The smallest absolute Gasteiger partial charge is 0.329 e. The molecule has 5 heteroatoms. The van der Waals surface area contributed by atoms with E-state index in [1.807, 2.05) is 0 Å². The predicted molar refractivity (Wildman–Crippen MR) is 74.4 cm³/mol. The van der Waals surface area contributed by atoms with E-state index in [1.165, 1.54) is 25.7 Å². The van der Waals surface area contributed by atoms with Crippen molar-refractivity contribution < 1.29 is 13.2 Å². The van der Waals surface area contributed by atoms with Crippen LogP contribution in [0.5, 0.6) is 0 Å². The maximum absolute atomic E-state index is 13.0. The predicted octanol–water partition coefficient (Wildman–Crippen LogP) is 3.75. The lowest BCUT2D eigenvalue weighted by molar-refractivity contribution is -0.188. The molecule has 0 aromatic rings. The highest BCUT2D eigenvalue weighted by atomic mass is 19.4. The minimum Gasteiger partial charge on any atom is -0.329 e. The Labute approximate surface area is 119 Å². The first-order valence-electron chi connectivity index (χ1n) is 8.00. The Morgan fingerprint density at radius 2 is 1.65 bits per heavy atom. The van der Waals surface area contributed by atoms with Crippen molar-refractivity contribution in [1.82, 2.24) is 5.32 Å². The molecule has 2 saturated carbocycles. The summed E-state index contributed by atoms with van der Waals surface area (Å²) < 4.78 is 39.0. The molecular weight excluding hydrogens is 265 g/mol. The van der Waals surface area contributed by atoms with Crippen molar-refractivity contribution >= 4 is 0 Å². The number of hydrogen-bond donors (Lipinski definition) is 2. The van der Waals surface area contributed by atoms with E-state index in [4.69, 9.17) is 5.73 Å². The molecule has 2 unspecified atom stereocenters. The van der Waals surface area contributed by atoms with Crippen LogP contribution in [-0.4, -0.2) is 24.3 Å². The number of nitrogens with two attached hydrogens (primary N) is 1. The molecule has 0 amide bonds. The van der Waals surface area contributed by atoms with Gasteiger partial charge in [0.05, 0.1) is 5.92 Å². The van der Waals surface area contributed by atoms with Gasteiger partial charge in [-0.1, -0.05) is 32.1 Å². The highest BCUT2D eigenvalue weighted by Crippen LogP contribution is 2.42. The molecular formula is C15H27F3N2. The Kier molecular flexibility index (Phi) is 5.35. The first-order valence-corrected chi connectivity index (χ1v) is 8.00. The molecule has 0 saturated heterocycles. The molecule has 0 heterocycles. The number of alkyl halides is 3. The van der Waals surface area contributed by atoms with Crippen LogP contribution in [-0.2, 0) is 0 Å². The van der Waals surface area contributed by atoms with Crippen LogP contribution in [0.15, 0.2) is 0 Å². The summed E-state index contributed by atoms with van der Waals surface area (Å²) in [5, 5.41) is 3.54. The van der Waals surface area contributed by atoms with Gasteiger partial charge in [-0.05, 0) is 32.1 Å². The summed E-state index contributed by atoms with van der Waals surface area (Å²) >= 11 is 0. The van der Waals surface area contributed by atoms with Crippen molar-refractivity contribution in [3.05, 3.63) is 0 Å². The second-order valence-corrected chi connectivity index (χ2v) is 6.65. The van der Waals surface area contributed by atoms with Gasteiger partial charge in [0.15, 0.2) is 0 Å². The number of rotatable bonds is 3. The molecule has 2 rings (SSSR count). The summed E-state index contributed by atoms with van der Waals surface area (Å²) in [5.74, 6) is -1.18. The van der Waals surface area contributed by atoms with E-state index >= 15 is 0 Å². The van der Waals surface area contributed by atoms with Crippen LogP contribution in [0.2, 0.25) is 0 Å². The molecule has 2 aliphatic carbocycles.